The highest BCUT2D eigenvalue weighted by Crippen LogP contribution is 2.23. The van der Waals surface area contributed by atoms with E-state index in [0.29, 0.717) is 18.2 Å². The highest BCUT2D eigenvalue weighted by atomic mass is 16.5. The van der Waals surface area contributed by atoms with Gasteiger partial charge in [-0.3, -0.25) is 0 Å². The van der Waals surface area contributed by atoms with E-state index in [1.807, 2.05) is 19.4 Å². The number of hydrogen-bond donors (Lipinski definition) is 1. The van der Waals surface area contributed by atoms with Crippen LogP contribution in [-0.2, 0) is 18.2 Å². The maximum absolute atomic E-state index is 5.97. The number of imidazole rings is 1. The normalized spacial score (nSPS) is 26.3. The van der Waals surface area contributed by atoms with Crippen molar-refractivity contribution in [2.45, 2.75) is 51.4 Å². The molecule has 1 aromatic heterocycles. The number of ether oxygens (including phenoxy) is 1. The number of likely N-dealkylation sites (N-methyl/N-ethyl adjacent to an activating group) is 1. The third kappa shape index (κ3) is 3.07. The van der Waals surface area contributed by atoms with Crippen molar-refractivity contribution in [2.24, 2.45) is 7.05 Å². The quantitative estimate of drug-likeness (QED) is 0.843. The number of nitrogens with one attached hydrogen (secondary N) is 1. The van der Waals surface area contributed by atoms with E-state index < -0.39 is 0 Å². The molecular weight excluding hydrogens is 214 g/mol. The van der Waals surface area contributed by atoms with E-state index in [2.05, 4.69) is 28.7 Å². The fourth-order valence-electron chi connectivity index (χ4n) is 2.52. The van der Waals surface area contributed by atoms with Crippen molar-refractivity contribution in [1.29, 1.82) is 0 Å². The Morgan fingerprint density at radius 3 is 2.94 bits per heavy atom. The van der Waals surface area contributed by atoms with Crippen molar-refractivity contribution in [1.82, 2.24) is 14.9 Å². The maximum atomic E-state index is 5.97. The Kier molecular flexibility index (Phi) is 4.18. The number of aryl methyl sites for hydroxylation is 1. The van der Waals surface area contributed by atoms with Gasteiger partial charge in [0.05, 0.1) is 12.2 Å². The smallest absolute Gasteiger partial charge is 0.110 e. The maximum Gasteiger partial charge on any atom is 0.110 e. The summed E-state index contributed by atoms with van der Waals surface area (Å²) >= 11 is 0. The predicted molar refractivity (Wildman–Crippen MR) is 67.9 cm³/mol. The summed E-state index contributed by atoms with van der Waals surface area (Å²) in [6.45, 7) is 5.27. The van der Waals surface area contributed by atoms with Crippen LogP contribution in [0.4, 0.5) is 0 Å². The van der Waals surface area contributed by atoms with Crippen LogP contribution in [0.25, 0.3) is 0 Å². The van der Waals surface area contributed by atoms with Crippen LogP contribution in [0.3, 0.4) is 0 Å². The Labute approximate surface area is 103 Å². The Balaban J connectivity index is 2.00. The van der Waals surface area contributed by atoms with Gasteiger partial charge in [-0.15, -0.1) is 0 Å². The molecule has 2 heterocycles. The molecule has 1 aliphatic heterocycles. The molecule has 1 aromatic rings. The van der Waals surface area contributed by atoms with E-state index in [1.54, 1.807) is 0 Å². The average Bonchev–Trinajstić information content (AvgIpc) is 2.88. The van der Waals surface area contributed by atoms with Gasteiger partial charge in [0.15, 0.2) is 0 Å². The van der Waals surface area contributed by atoms with Crippen molar-refractivity contribution in [3.05, 3.63) is 18.2 Å². The molecule has 0 aromatic carbocycles. The summed E-state index contributed by atoms with van der Waals surface area (Å²) in [6, 6.07) is 0.381. The van der Waals surface area contributed by atoms with E-state index in [1.165, 1.54) is 6.42 Å². The van der Waals surface area contributed by atoms with Gasteiger partial charge < -0.3 is 14.6 Å². The zero-order valence-corrected chi connectivity index (χ0v) is 11.0. The van der Waals surface area contributed by atoms with Gasteiger partial charge in [-0.2, -0.15) is 0 Å². The molecule has 0 saturated carbocycles. The molecule has 96 valence electrons. The monoisotopic (exact) mass is 237 g/mol. The fraction of sp³-hybridized carbons (Fsp3) is 0.769. The van der Waals surface area contributed by atoms with E-state index in [-0.39, 0.29) is 0 Å². The largest absolute Gasteiger partial charge is 0.374 e. The number of rotatable bonds is 5. The second kappa shape index (κ2) is 5.65. The minimum Gasteiger partial charge on any atom is -0.374 e. The van der Waals surface area contributed by atoms with Crippen LogP contribution in [0.5, 0.6) is 0 Å². The van der Waals surface area contributed by atoms with Crippen LogP contribution in [0.2, 0.25) is 0 Å². The van der Waals surface area contributed by atoms with Crippen molar-refractivity contribution < 1.29 is 4.74 Å². The van der Waals surface area contributed by atoms with Crippen molar-refractivity contribution in [3.63, 3.8) is 0 Å². The topological polar surface area (TPSA) is 39.1 Å². The molecule has 0 aliphatic carbocycles. The third-order valence-corrected chi connectivity index (χ3v) is 3.50. The summed E-state index contributed by atoms with van der Waals surface area (Å²) in [5.74, 6) is 1.12. The molecule has 0 radical (unpaired) electrons. The zero-order chi connectivity index (χ0) is 12.3. The molecule has 17 heavy (non-hydrogen) atoms. The Morgan fingerprint density at radius 2 is 2.41 bits per heavy atom. The molecule has 0 amide bonds. The van der Waals surface area contributed by atoms with Gasteiger partial charge in [-0.05, 0) is 26.3 Å². The van der Waals surface area contributed by atoms with Gasteiger partial charge in [0.1, 0.15) is 5.82 Å². The molecule has 0 bridgehead atoms. The minimum atomic E-state index is 0.335. The van der Waals surface area contributed by atoms with Gasteiger partial charge in [0.25, 0.3) is 0 Å². The van der Waals surface area contributed by atoms with Gasteiger partial charge in [0, 0.05) is 31.9 Å². The highest BCUT2D eigenvalue weighted by molar-refractivity contribution is 4.97. The number of hydrogen-bond acceptors (Lipinski definition) is 3. The summed E-state index contributed by atoms with van der Waals surface area (Å²) in [5, 5.41) is 3.53. The molecule has 1 fully saturated rings. The standard InChI is InChI=1S/C13H23N3O/c1-4-14-11(12-6-5-10(2)17-12)9-13-15-7-8-16(13)3/h7-8,10-12,14H,4-6,9H2,1-3H3. The minimum absolute atomic E-state index is 0.335. The van der Waals surface area contributed by atoms with E-state index in [0.717, 1.165) is 25.2 Å². The average molecular weight is 237 g/mol. The first-order chi connectivity index (χ1) is 8.20. The summed E-state index contributed by atoms with van der Waals surface area (Å²) in [7, 11) is 2.05. The third-order valence-electron chi connectivity index (χ3n) is 3.50. The Morgan fingerprint density at radius 1 is 1.59 bits per heavy atom. The second-order valence-electron chi connectivity index (χ2n) is 4.89. The molecule has 2 rings (SSSR count). The lowest BCUT2D eigenvalue weighted by Crippen LogP contribution is -2.42. The first-order valence-corrected chi connectivity index (χ1v) is 6.55. The molecule has 1 aliphatic rings. The molecule has 3 atom stereocenters. The van der Waals surface area contributed by atoms with E-state index in [4.69, 9.17) is 4.74 Å². The van der Waals surface area contributed by atoms with Crippen LogP contribution in [0, 0.1) is 0 Å². The number of nitrogens with zero attached hydrogens (tertiary/aromatic N) is 2. The summed E-state index contributed by atoms with van der Waals surface area (Å²) in [4.78, 5) is 4.40. The highest BCUT2D eigenvalue weighted by Gasteiger charge is 2.29. The first-order valence-electron chi connectivity index (χ1n) is 6.55. The second-order valence-corrected chi connectivity index (χ2v) is 4.89. The molecular formula is C13H23N3O. The van der Waals surface area contributed by atoms with Gasteiger partial charge >= 0.3 is 0 Å². The molecule has 1 saturated heterocycles. The Hall–Kier alpha value is -0.870. The van der Waals surface area contributed by atoms with Crippen LogP contribution >= 0.6 is 0 Å². The lowest BCUT2D eigenvalue weighted by atomic mass is 10.0. The fourth-order valence-corrected chi connectivity index (χ4v) is 2.52. The summed E-state index contributed by atoms with van der Waals surface area (Å²) < 4.78 is 8.05. The first kappa shape index (κ1) is 12.6. The SMILES string of the molecule is CCNC(Cc1nccn1C)C1CCC(C)O1. The molecule has 1 N–H and O–H groups in total. The molecule has 0 spiro atoms. The van der Waals surface area contributed by atoms with Gasteiger partial charge in [-0.25, -0.2) is 4.98 Å². The summed E-state index contributed by atoms with van der Waals surface area (Å²) in [5.41, 5.74) is 0. The van der Waals surface area contributed by atoms with Crippen LogP contribution in [0.1, 0.15) is 32.5 Å². The van der Waals surface area contributed by atoms with Crippen molar-refractivity contribution in [3.8, 4) is 0 Å². The van der Waals surface area contributed by atoms with Gasteiger partial charge in [0.2, 0.25) is 0 Å². The van der Waals surface area contributed by atoms with Crippen molar-refractivity contribution in [2.75, 3.05) is 6.54 Å². The molecule has 4 heteroatoms. The van der Waals surface area contributed by atoms with E-state index in [9.17, 15) is 0 Å². The van der Waals surface area contributed by atoms with Crippen molar-refractivity contribution >= 4 is 0 Å². The number of aromatic nitrogens is 2. The zero-order valence-electron chi connectivity index (χ0n) is 11.0. The molecule has 3 unspecified atom stereocenters. The Bertz CT molecular complexity index is 350. The lowest BCUT2D eigenvalue weighted by molar-refractivity contribution is 0.0318. The van der Waals surface area contributed by atoms with Gasteiger partial charge in [-0.1, -0.05) is 6.92 Å². The van der Waals surface area contributed by atoms with E-state index >= 15 is 0 Å². The molecule has 4 nitrogen and oxygen atoms in total. The van der Waals surface area contributed by atoms with Crippen LogP contribution in [0.15, 0.2) is 12.4 Å². The van der Waals surface area contributed by atoms with Crippen LogP contribution in [-0.4, -0.2) is 34.3 Å². The lowest BCUT2D eigenvalue weighted by Gasteiger charge is -2.24. The van der Waals surface area contributed by atoms with Crippen LogP contribution < -0.4 is 5.32 Å². The predicted octanol–water partition coefficient (Wildman–Crippen LogP) is 1.51. The summed E-state index contributed by atoms with van der Waals surface area (Å²) in [6.07, 6.45) is 7.86.